The second-order valence-corrected chi connectivity index (χ2v) is 4.22. The summed E-state index contributed by atoms with van der Waals surface area (Å²) >= 11 is 0. The van der Waals surface area contributed by atoms with Gasteiger partial charge in [-0.3, -0.25) is 0 Å². The third-order valence-corrected chi connectivity index (χ3v) is 2.38. The van der Waals surface area contributed by atoms with Crippen LogP contribution in [0.2, 0.25) is 0 Å². The molecular formula is C12H19OY-. The first kappa shape index (κ1) is 14.4. The van der Waals surface area contributed by atoms with Crippen LogP contribution in [-0.2, 0) is 37.4 Å². The molecule has 14 heavy (non-hydrogen) atoms. The van der Waals surface area contributed by atoms with Crippen molar-refractivity contribution in [2.75, 3.05) is 6.61 Å². The Labute approximate surface area is 113 Å². The van der Waals surface area contributed by atoms with Crippen LogP contribution in [-0.4, -0.2) is 6.61 Å². The van der Waals surface area contributed by atoms with Crippen molar-refractivity contribution in [1.29, 1.82) is 0 Å². The minimum absolute atomic E-state index is 0. The molecule has 0 spiro atoms. The van der Waals surface area contributed by atoms with Crippen molar-refractivity contribution in [3.05, 3.63) is 23.0 Å². The summed E-state index contributed by atoms with van der Waals surface area (Å²) < 4.78 is 5.48. The van der Waals surface area contributed by atoms with Crippen LogP contribution in [0, 0.1) is 17.9 Å². The molecule has 0 unspecified atom stereocenters. The van der Waals surface area contributed by atoms with Gasteiger partial charge in [-0.05, 0) is 6.92 Å². The molecule has 0 aromatic heterocycles. The number of rotatable bonds is 2. The topological polar surface area (TPSA) is 9.23 Å². The van der Waals surface area contributed by atoms with Crippen molar-refractivity contribution >= 4 is 0 Å². The van der Waals surface area contributed by atoms with Crippen LogP contribution < -0.4 is 0 Å². The monoisotopic (exact) mass is 268 g/mol. The fourth-order valence-corrected chi connectivity index (χ4v) is 1.56. The molecule has 0 fully saturated rings. The first-order valence-electron chi connectivity index (χ1n) is 4.98. The van der Waals surface area contributed by atoms with Crippen LogP contribution in [0.5, 0.6) is 0 Å². The Morgan fingerprint density at radius 1 is 1.14 bits per heavy atom. The molecule has 0 amide bonds. The fourth-order valence-electron chi connectivity index (χ4n) is 1.56. The summed E-state index contributed by atoms with van der Waals surface area (Å²) in [5.41, 5.74) is 2.75. The number of hydrogen-bond acceptors (Lipinski definition) is 1. The summed E-state index contributed by atoms with van der Waals surface area (Å²) in [5, 5.41) is 0. The summed E-state index contributed by atoms with van der Waals surface area (Å²) in [4.78, 5) is 0. The van der Waals surface area contributed by atoms with E-state index in [1.165, 1.54) is 11.1 Å². The number of ether oxygens (including phenoxy) is 1. The zero-order valence-corrected chi connectivity index (χ0v) is 12.7. The zero-order chi connectivity index (χ0) is 10.0. The number of hydrogen-bond donors (Lipinski definition) is 0. The van der Waals surface area contributed by atoms with Gasteiger partial charge in [-0.1, -0.05) is 39.5 Å². The van der Waals surface area contributed by atoms with E-state index in [-0.39, 0.29) is 32.7 Å². The molecule has 0 aromatic rings. The fraction of sp³-hybridized carbons (Fsp3) is 0.667. The Bertz CT molecular complexity index is 249. The zero-order valence-electron chi connectivity index (χ0n) is 9.85. The minimum Gasteiger partial charge on any atom is -0.531 e. The molecule has 77 valence electrons. The van der Waals surface area contributed by atoms with Gasteiger partial charge in [-0.25, -0.2) is 11.6 Å². The molecule has 0 saturated heterocycles. The molecule has 1 heterocycles. The van der Waals surface area contributed by atoms with Gasteiger partial charge in [0.2, 0.25) is 0 Å². The van der Waals surface area contributed by atoms with E-state index in [0.717, 1.165) is 12.4 Å². The molecule has 1 aliphatic heterocycles. The van der Waals surface area contributed by atoms with E-state index in [9.17, 15) is 0 Å². The Balaban J connectivity index is 0.00000169. The SMILES string of the molecule is CC1=[C-]C(C(C)C)=C(C(C)C)CO1.[Y]. The molecule has 0 saturated carbocycles. The third-order valence-electron chi connectivity index (χ3n) is 2.38. The van der Waals surface area contributed by atoms with Gasteiger partial charge in [-0.15, -0.1) is 0 Å². The Morgan fingerprint density at radius 2 is 1.71 bits per heavy atom. The van der Waals surface area contributed by atoms with Crippen LogP contribution in [0.4, 0.5) is 0 Å². The first-order valence-corrected chi connectivity index (χ1v) is 4.98. The predicted molar refractivity (Wildman–Crippen MR) is 55.1 cm³/mol. The van der Waals surface area contributed by atoms with Crippen LogP contribution in [0.3, 0.4) is 0 Å². The van der Waals surface area contributed by atoms with Gasteiger partial charge in [0.15, 0.2) is 0 Å². The molecule has 0 aromatic carbocycles. The van der Waals surface area contributed by atoms with Gasteiger partial charge < -0.3 is 4.74 Å². The minimum atomic E-state index is 0. The molecule has 0 N–H and O–H groups in total. The van der Waals surface area contributed by atoms with E-state index >= 15 is 0 Å². The van der Waals surface area contributed by atoms with E-state index in [0.29, 0.717) is 11.8 Å². The van der Waals surface area contributed by atoms with E-state index in [2.05, 4.69) is 33.8 Å². The van der Waals surface area contributed by atoms with Crippen LogP contribution in [0.15, 0.2) is 16.9 Å². The largest absolute Gasteiger partial charge is 0.531 e. The third kappa shape index (κ3) is 3.51. The molecule has 0 atom stereocenters. The second kappa shape index (κ2) is 6.07. The molecule has 1 rings (SSSR count). The van der Waals surface area contributed by atoms with E-state index in [1.54, 1.807) is 0 Å². The van der Waals surface area contributed by atoms with Crippen LogP contribution in [0.1, 0.15) is 34.6 Å². The second-order valence-electron chi connectivity index (χ2n) is 4.22. The molecule has 1 nitrogen and oxygen atoms in total. The maximum absolute atomic E-state index is 5.48. The molecular weight excluding hydrogens is 249 g/mol. The van der Waals surface area contributed by atoms with Gasteiger partial charge >= 0.3 is 0 Å². The molecule has 1 radical (unpaired) electrons. The summed E-state index contributed by atoms with van der Waals surface area (Å²) in [5.74, 6) is 2.04. The van der Waals surface area contributed by atoms with Crippen molar-refractivity contribution in [2.45, 2.75) is 34.6 Å². The summed E-state index contributed by atoms with van der Waals surface area (Å²) in [7, 11) is 0. The molecule has 0 bridgehead atoms. The van der Waals surface area contributed by atoms with Gasteiger partial charge in [0.05, 0.1) is 0 Å². The van der Waals surface area contributed by atoms with Gasteiger partial charge in [0.25, 0.3) is 0 Å². The summed E-state index contributed by atoms with van der Waals surface area (Å²) in [6, 6.07) is 0. The average molecular weight is 268 g/mol. The Hall–Kier alpha value is 0.384. The van der Waals surface area contributed by atoms with E-state index < -0.39 is 0 Å². The molecule has 2 heteroatoms. The normalized spacial score (nSPS) is 16.6. The maximum atomic E-state index is 5.48. The van der Waals surface area contributed by atoms with E-state index in [4.69, 9.17) is 4.74 Å². The molecule has 1 aliphatic rings. The van der Waals surface area contributed by atoms with Gasteiger partial charge in [0, 0.05) is 45.1 Å². The summed E-state index contributed by atoms with van der Waals surface area (Å²) in [6.45, 7) is 11.6. The van der Waals surface area contributed by atoms with Gasteiger partial charge in [0.1, 0.15) is 0 Å². The summed E-state index contributed by atoms with van der Waals surface area (Å²) in [6.07, 6.45) is 3.32. The van der Waals surface area contributed by atoms with E-state index in [1.807, 2.05) is 6.92 Å². The van der Waals surface area contributed by atoms with Crippen molar-refractivity contribution in [3.8, 4) is 0 Å². The van der Waals surface area contributed by atoms with Crippen LogP contribution >= 0.6 is 0 Å². The quantitative estimate of drug-likeness (QED) is 0.698. The average Bonchev–Trinajstić information content (AvgIpc) is 2.03. The Kier molecular flexibility index (Phi) is 6.24. The Morgan fingerprint density at radius 3 is 2.14 bits per heavy atom. The van der Waals surface area contributed by atoms with Crippen molar-refractivity contribution in [2.24, 2.45) is 11.8 Å². The van der Waals surface area contributed by atoms with Crippen molar-refractivity contribution < 1.29 is 37.4 Å². The first-order chi connectivity index (χ1) is 6.02. The maximum Gasteiger partial charge on any atom is 0.0436 e. The predicted octanol–water partition coefficient (Wildman–Crippen LogP) is 3.33. The number of allylic oxidation sites excluding steroid dienone is 3. The smallest absolute Gasteiger partial charge is 0.0436 e. The van der Waals surface area contributed by atoms with Crippen molar-refractivity contribution in [1.82, 2.24) is 0 Å². The standard InChI is InChI=1S/C12H19O.Y/c1-8(2)11-6-10(5)13-7-12(11)9(3)4;/h8-9H,7H2,1-5H3;/q-1;. The van der Waals surface area contributed by atoms with Crippen molar-refractivity contribution in [3.63, 3.8) is 0 Å². The molecule has 0 aliphatic carbocycles. The van der Waals surface area contributed by atoms with Gasteiger partial charge in [-0.2, -0.15) is 5.57 Å². The van der Waals surface area contributed by atoms with Crippen LogP contribution in [0.25, 0.3) is 0 Å².